The number of likely N-dealkylation sites (N-methyl/N-ethyl adjacent to an activating group) is 1. The average Bonchev–Trinajstić information content (AvgIpc) is 3.11. The average molecular weight is 306 g/mol. The SMILES string of the molecule is CN(Cc1ccccn1)C(=O)[C@H](c1ccccc1)n1cccn1. The molecule has 0 aliphatic rings. The van der Waals surface area contributed by atoms with Crippen LogP contribution in [0.25, 0.3) is 0 Å². The van der Waals surface area contributed by atoms with E-state index >= 15 is 0 Å². The van der Waals surface area contributed by atoms with Crippen molar-refractivity contribution in [3.63, 3.8) is 0 Å². The molecule has 0 unspecified atom stereocenters. The molecule has 1 aromatic carbocycles. The topological polar surface area (TPSA) is 51.0 Å². The van der Waals surface area contributed by atoms with E-state index in [1.807, 2.05) is 60.8 Å². The molecule has 5 nitrogen and oxygen atoms in total. The summed E-state index contributed by atoms with van der Waals surface area (Å²) in [6.07, 6.45) is 5.22. The van der Waals surface area contributed by atoms with Gasteiger partial charge < -0.3 is 4.90 Å². The first-order valence-electron chi connectivity index (χ1n) is 7.44. The van der Waals surface area contributed by atoms with Crippen LogP contribution in [0.5, 0.6) is 0 Å². The molecule has 0 fully saturated rings. The van der Waals surface area contributed by atoms with E-state index in [2.05, 4.69) is 10.1 Å². The molecule has 0 bridgehead atoms. The molecule has 0 aliphatic carbocycles. The van der Waals surface area contributed by atoms with Gasteiger partial charge in [-0.3, -0.25) is 14.5 Å². The summed E-state index contributed by atoms with van der Waals surface area (Å²) in [5.74, 6) is -0.0226. The van der Waals surface area contributed by atoms with Crippen LogP contribution in [0.4, 0.5) is 0 Å². The summed E-state index contributed by atoms with van der Waals surface area (Å²) in [4.78, 5) is 18.9. The first kappa shape index (κ1) is 15.0. The molecule has 2 aromatic heterocycles. The van der Waals surface area contributed by atoms with Crippen LogP contribution < -0.4 is 0 Å². The van der Waals surface area contributed by atoms with Crippen LogP contribution >= 0.6 is 0 Å². The van der Waals surface area contributed by atoms with Crippen molar-refractivity contribution in [1.82, 2.24) is 19.7 Å². The molecule has 0 spiro atoms. The summed E-state index contributed by atoms with van der Waals surface area (Å²) < 4.78 is 1.69. The van der Waals surface area contributed by atoms with E-state index in [0.29, 0.717) is 6.54 Å². The summed E-state index contributed by atoms with van der Waals surface area (Å²) in [6.45, 7) is 0.463. The fourth-order valence-electron chi connectivity index (χ4n) is 2.50. The lowest BCUT2D eigenvalue weighted by Crippen LogP contribution is -2.35. The maximum absolute atomic E-state index is 13.0. The zero-order valence-corrected chi connectivity index (χ0v) is 12.9. The van der Waals surface area contributed by atoms with E-state index in [9.17, 15) is 4.79 Å². The largest absolute Gasteiger partial charge is 0.338 e. The minimum atomic E-state index is -0.472. The Bertz CT molecular complexity index is 741. The van der Waals surface area contributed by atoms with Gasteiger partial charge in [-0.05, 0) is 23.8 Å². The maximum atomic E-state index is 13.0. The van der Waals surface area contributed by atoms with Crippen LogP contribution in [0.3, 0.4) is 0 Å². The van der Waals surface area contributed by atoms with E-state index in [0.717, 1.165) is 11.3 Å². The molecular formula is C18H18N4O. The third kappa shape index (κ3) is 3.45. The highest BCUT2D eigenvalue weighted by Crippen LogP contribution is 2.20. The van der Waals surface area contributed by atoms with Gasteiger partial charge >= 0.3 is 0 Å². The fourth-order valence-corrected chi connectivity index (χ4v) is 2.50. The third-order valence-corrected chi connectivity index (χ3v) is 3.64. The van der Waals surface area contributed by atoms with E-state index in [1.165, 1.54) is 0 Å². The first-order valence-corrected chi connectivity index (χ1v) is 7.44. The van der Waals surface area contributed by atoms with Gasteiger partial charge in [0.2, 0.25) is 0 Å². The van der Waals surface area contributed by atoms with Crippen molar-refractivity contribution in [2.45, 2.75) is 12.6 Å². The number of carbonyl (C=O) groups excluding carboxylic acids is 1. The van der Waals surface area contributed by atoms with Gasteiger partial charge in [0.25, 0.3) is 5.91 Å². The summed E-state index contributed by atoms with van der Waals surface area (Å²) in [5.41, 5.74) is 1.77. The Morgan fingerprint density at radius 2 is 1.87 bits per heavy atom. The number of carbonyl (C=O) groups is 1. The van der Waals surface area contributed by atoms with Crippen LogP contribution in [0.1, 0.15) is 17.3 Å². The lowest BCUT2D eigenvalue weighted by molar-refractivity contribution is -0.133. The molecule has 0 saturated carbocycles. The highest BCUT2D eigenvalue weighted by molar-refractivity contribution is 5.83. The quantitative estimate of drug-likeness (QED) is 0.728. The molecule has 2 heterocycles. The van der Waals surface area contributed by atoms with Gasteiger partial charge in [0, 0.05) is 25.6 Å². The van der Waals surface area contributed by atoms with Gasteiger partial charge in [0.15, 0.2) is 6.04 Å². The Balaban J connectivity index is 1.86. The zero-order valence-electron chi connectivity index (χ0n) is 12.9. The van der Waals surface area contributed by atoms with E-state index < -0.39 is 6.04 Å². The van der Waals surface area contributed by atoms with Gasteiger partial charge in [-0.1, -0.05) is 36.4 Å². The van der Waals surface area contributed by atoms with Crippen molar-refractivity contribution >= 4 is 5.91 Å². The van der Waals surface area contributed by atoms with E-state index in [1.54, 1.807) is 29.0 Å². The summed E-state index contributed by atoms with van der Waals surface area (Å²) in [6, 6.07) is 16.7. The Hall–Kier alpha value is -2.95. The molecule has 3 aromatic rings. The van der Waals surface area contributed by atoms with Crippen molar-refractivity contribution in [3.05, 3.63) is 84.4 Å². The molecule has 1 atom stereocenters. The van der Waals surface area contributed by atoms with Gasteiger partial charge in [0.1, 0.15) is 0 Å². The number of nitrogens with zero attached hydrogens (tertiary/aromatic N) is 4. The van der Waals surface area contributed by atoms with Crippen LogP contribution in [0.2, 0.25) is 0 Å². The van der Waals surface area contributed by atoms with Crippen molar-refractivity contribution < 1.29 is 4.79 Å². The number of hydrogen-bond acceptors (Lipinski definition) is 3. The summed E-state index contributed by atoms with van der Waals surface area (Å²) >= 11 is 0. The highest BCUT2D eigenvalue weighted by Gasteiger charge is 2.26. The van der Waals surface area contributed by atoms with Gasteiger partial charge in [-0.15, -0.1) is 0 Å². The molecule has 0 saturated heterocycles. The van der Waals surface area contributed by atoms with Crippen molar-refractivity contribution in [3.8, 4) is 0 Å². The Morgan fingerprint density at radius 3 is 2.52 bits per heavy atom. The first-order chi connectivity index (χ1) is 11.3. The zero-order chi connectivity index (χ0) is 16.1. The minimum Gasteiger partial charge on any atom is -0.338 e. The maximum Gasteiger partial charge on any atom is 0.252 e. The molecule has 0 aliphatic heterocycles. The third-order valence-electron chi connectivity index (χ3n) is 3.64. The molecule has 5 heteroatoms. The monoisotopic (exact) mass is 306 g/mol. The summed E-state index contributed by atoms with van der Waals surface area (Å²) in [7, 11) is 1.79. The minimum absolute atomic E-state index is 0.0226. The summed E-state index contributed by atoms with van der Waals surface area (Å²) in [5, 5.41) is 4.26. The number of hydrogen-bond donors (Lipinski definition) is 0. The fraction of sp³-hybridized carbons (Fsp3) is 0.167. The normalized spacial score (nSPS) is 11.9. The molecule has 0 N–H and O–H groups in total. The second kappa shape index (κ2) is 6.87. The second-order valence-corrected chi connectivity index (χ2v) is 5.31. The molecule has 116 valence electrons. The lowest BCUT2D eigenvalue weighted by atomic mass is 10.1. The predicted molar refractivity (Wildman–Crippen MR) is 87.5 cm³/mol. The van der Waals surface area contributed by atoms with Crippen molar-refractivity contribution in [2.75, 3.05) is 7.05 Å². The number of benzene rings is 1. The standard InChI is InChI=1S/C18H18N4O/c1-21(14-16-10-5-6-11-19-16)18(23)17(22-13-7-12-20-22)15-8-3-2-4-9-15/h2-13,17H,14H2,1H3/t17-/m0/s1. The van der Waals surface area contributed by atoms with Crippen molar-refractivity contribution in [2.24, 2.45) is 0 Å². The molecule has 23 heavy (non-hydrogen) atoms. The van der Waals surface area contributed by atoms with Gasteiger partial charge in [0.05, 0.1) is 12.2 Å². The Labute approximate surface area is 135 Å². The molecule has 3 rings (SSSR count). The number of amides is 1. The predicted octanol–water partition coefficient (Wildman–Crippen LogP) is 2.53. The number of rotatable bonds is 5. The molecular weight excluding hydrogens is 288 g/mol. The smallest absolute Gasteiger partial charge is 0.252 e. The highest BCUT2D eigenvalue weighted by atomic mass is 16.2. The molecule has 0 radical (unpaired) electrons. The van der Waals surface area contributed by atoms with Gasteiger partial charge in [-0.2, -0.15) is 5.10 Å². The van der Waals surface area contributed by atoms with E-state index in [4.69, 9.17) is 0 Å². The second-order valence-electron chi connectivity index (χ2n) is 5.31. The van der Waals surface area contributed by atoms with Crippen LogP contribution in [0.15, 0.2) is 73.2 Å². The van der Waals surface area contributed by atoms with Crippen molar-refractivity contribution in [1.29, 1.82) is 0 Å². The van der Waals surface area contributed by atoms with Crippen LogP contribution in [0, 0.1) is 0 Å². The van der Waals surface area contributed by atoms with Crippen LogP contribution in [-0.2, 0) is 11.3 Å². The van der Waals surface area contributed by atoms with Crippen LogP contribution in [-0.4, -0.2) is 32.6 Å². The number of pyridine rings is 1. The van der Waals surface area contributed by atoms with Gasteiger partial charge in [-0.25, -0.2) is 0 Å². The lowest BCUT2D eigenvalue weighted by Gasteiger charge is -2.24. The Morgan fingerprint density at radius 1 is 1.09 bits per heavy atom. The molecule has 1 amide bonds. The number of aromatic nitrogens is 3. The van der Waals surface area contributed by atoms with E-state index in [-0.39, 0.29) is 5.91 Å². The Kier molecular flexibility index (Phi) is 4.47.